The molecule has 9 nitrogen and oxygen atoms in total. The van der Waals surface area contributed by atoms with Crippen LogP contribution in [0.1, 0.15) is 25.0 Å². The minimum absolute atomic E-state index is 0.265. The predicted octanol–water partition coefficient (Wildman–Crippen LogP) is 5.49. The molecule has 4 aromatic carbocycles. The van der Waals surface area contributed by atoms with E-state index in [1.54, 1.807) is 0 Å². The summed E-state index contributed by atoms with van der Waals surface area (Å²) in [6.07, 6.45) is 1.90. The van der Waals surface area contributed by atoms with Gasteiger partial charge in [0.25, 0.3) is 0 Å². The molecule has 0 bridgehead atoms. The van der Waals surface area contributed by atoms with Crippen molar-refractivity contribution in [2.75, 3.05) is 85.9 Å². The van der Waals surface area contributed by atoms with Crippen LogP contribution in [0.2, 0.25) is 0 Å². The van der Waals surface area contributed by atoms with E-state index in [0.29, 0.717) is 17.9 Å². The Kier molecular flexibility index (Phi) is 10.5. The molecule has 4 atom stereocenters. The predicted molar refractivity (Wildman–Crippen MR) is 215 cm³/mol. The molecule has 8 rings (SSSR count). The lowest BCUT2D eigenvalue weighted by Gasteiger charge is -2.42. The molecule has 4 aliphatic rings. The topological polar surface area (TPSA) is 78.2 Å². The van der Waals surface area contributed by atoms with Crippen LogP contribution in [0, 0.1) is 0 Å². The van der Waals surface area contributed by atoms with Crippen LogP contribution in [0.15, 0.2) is 97.1 Å². The van der Waals surface area contributed by atoms with Crippen LogP contribution in [0.25, 0.3) is 0 Å². The van der Waals surface area contributed by atoms with Gasteiger partial charge in [0.05, 0.1) is 0 Å². The van der Waals surface area contributed by atoms with Crippen molar-refractivity contribution in [3.8, 4) is 0 Å². The Balaban J connectivity index is 1.14. The van der Waals surface area contributed by atoms with E-state index in [1.165, 1.54) is 22.5 Å². The fourth-order valence-electron chi connectivity index (χ4n) is 8.74. The summed E-state index contributed by atoms with van der Waals surface area (Å²) in [5, 5.41) is 14.5. The van der Waals surface area contributed by atoms with Crippen molar-refractivity contribution in [1.29, 1.82) is 0 Å². The van der Waals surface area contributed by atoms with Gasteiger partial charge in [-0.15, -0.1) is 0 Å². The standard InChI is InChI=1S/C43H54N8O/c1-31-27-48(23-19-44-31)29-41(50-21-17-33-13-15-37(25-39(33)50)46-35-9-5-3-6-10-35)43(52)42(30-49-24-20-45-32(2)28-49)51-22-18-34-14-16-38(26-40(34)51)47-36-11-7-4-8-12-36/h3-16,25-26,31-32,41-42,44-47H,17-24,27-30H2,1-2H3/t31-,32-,41?,42?/m1/s1. The molecule has 0 amide bonds. The fourth-order valence-corrected chi connectivity index (χ4v) is 8.74. The molecule has 4 heterocycles. The third-order valence-corrected chi connectivity index (χ3v) is 11.3. The number of fused-ring (bicyclic) bond motifs is 2. The second-order valence-electron chi connectivity index (χ2n) is 15.2. The SMILES string of the molecule is C[C@@H]1CN(CC(C(=O)C(CN2CCN[C@H](C)C2)N2CCc3ccc(Nc4ccccc4)cc32)N2CCc3ccc(Nc4ccccc4)cc32)CCN1. The van der Waals surface area contributed by atoms with Gasteiger partial charge in [0.2, 0.25) is 0 Å². The molecule has 0 saturated carbocycles. The Hall–Kier alpha value is -4.41. The quantitative estimate of drug-likeness (QED) is 0.154. The van der Waals surface area contributed by atoms with Crippen molar-refractivity contribution in [2.45, 2.75) is 50.9 Å². The van der Waals surface area contributed by atoms with E-state index in [0.717, 1.165) is 101 Å². The van der Waals surface area contributed by atoms with E-state index in [4.69, 9.17) is 0 Å². The number of carbonyl (C=O) groups excluding carboxylic acids is 1. The van der Waals surface area contributed by atoms with Crippen LogP contribution < -0.4 is 31.1 Å². The number of nitrogens with one attached hydrogen (secondary N) is 4. The smallest absolute Gasteiger partial charge is 0.180 e. The van der Waals surface area contributed by atoms with Gasteiger partial charge in [-0.3, -0.25) is 14.6 Å². The number of benzene rings is 4. The number of rotatable bonds is 12. The fraction of sp³-hybridized carbons (Fsp3) is 0.419. The highest BCUT2D eigenvalue weighted by Gasteiger charge is 2.41. The first-order valence-electron chi connectivity index (χ1n) is 19.4. The Labute approximate surface area is 309 Å². The number of anilines is 6. The van der Waals surface area contributed by atoms with Crippen LogP contribution in [-0.4, -0.2) is 105 Å². The third kappa shape index (κ3) is 7.83. The van der Waals surface area contributed by atoms with E-state index in [2.05, 4.69) is 140 Å². The molecule has 52 heavy (non-hydrogen) atoms. The van der Waals surface area contributed by atoms with E-state index >= 15 is 4.79 Å². The third-order valence-electron chi connectivity index (χ3n) is 11.3. The van der Waals surface area contributed by atoms with Gasteiger partial charge in [-0.25, -0.2) is 0 Å². The first-order chi connectivity index (χ1) is 25.5. The average molecular weight is 699 g/mol. The van der Waals surface area contributed by atoms with Gasteiger partial charge < -0.3 is 31.1 Å². The van der Waals surface area contributed by atoms with Crippen LogP contribution in [-0.2, 0) is 17.6 Å². The zero-order chi connectivity index (χ0) is 35.4. The molecule has 2 saturated heterocycles. The second kappa shape index (κ2) is 15.7. The number of hydrogen-bond donors (Lipinski definition) is 4. The highest BCUT2D eigenvalue weighted by atomic mass is 16.1. The van der Waals surface area contributed by atoms with Crippen LogP contribution in [0.3, 0.4) is 0 Å². The van der Waals surface area contributed by atoms with Gasteiger partial charge in [-0.1, -0.05) is 48.5 Å². The van der Waals surface area contributed by atoms with Crippen molar-refractivity contribution >= 4 is 39.9 Å². The van der Waals surface area contributed by atoms with Gasteiger partial charge in [0, 0.05) is 112 Å². The molecule has 0 spiro atoms. The van der Waals surface area contributed by atoms with Crippen LogP contribution in [0.5, 0.6) is 0 Å². The number of hydrogen-bond acceptors (Lipinski definition) is 9. The number of Topliss-reactive ketones (excluding diaryl/α,β-unsaturated/α-hetero) is 1. The van der Waals surface area contributed by atoms with Crippen molar-refractivity contribution in [3.63, 3.8) is 0 Å². The first-order valence-corrected chi connectivity index (χ1v) is 19.4. The molecule has 4 N–H and O–H groups in total. The molecule has 0 aromatic heterocycles. The summed E-state index contributed by atoms with van der Waals surface area (Å²) < 4.78 is 0. The summed E-state index contributed by atoms with van der Waals surface area (Å²) in [6, 6.07) is 34.4. The molecule has 0 radical (unpaired) electrons. The monoisotopic (exact) mass is 698 g/mol. The maximum atomic E-state index is 15.7. The van der Waals surface area contributed by atoms with Crippen LogP contribution in [0.4, 0.5) is 34.1 Å². The number of nitrogens with zero attached hydrogens (tertiary/aromatic N) is 4. The normalized spacial score (nSPS) is 21.7. The van der Waals surface area contributed by atoms with E-state index < -0.39 is 0 Å². The molecular formula is C43H54N8O. The number of ketones is 1. The Morgan fingerprint density at radius 1 is 0.615 bits per heavy atom. The van der Waals surface area contributed by atoms with Crippen molar-refractivity contribution < 1.29 is 4.79 Å². The van der Waals surface area contributed by atoms with Crippen molar-refractivity contribution in [2.24, 2.45) is 0 Å². The summed E-state index contributed by atoms with van der Waals surface area (Å²) in [7, 11) is 0. The van der Waals surface area contributed by atoms with Gasteiger partial charge in [-0.05, 0) is 86.3 Å². The second-order valence-corrected chi connectivity index (χ2v) is 15.2. The minimum atomic E-state index is -0.265. The summed E-state index contributed by atoms with van der Waals surface area (Å²) in [5.41, 5.74) is 9.25. The maximum absolute atomic E-state index is 15.7. The summed E-state index contributed by atoms with van der Waals surface area (Å²) >= 11 is 0. The van der Waals surface area contributed by atoms with E-state index in [1.807, 2.05) is 12.1 Å². The van der Waals surface area contributed by atoms with E-state index in [9.17, 15) is 0 Å². The van der Waals surface area contributed by atoms with Gasteiger partial charge in [-0.2, -0.15) is 0 Å². The molecule has 4 aromatic rings. The first kappa shape index (κ1) is 34.7. The van der Waals surface area contributed by atoms with Gasteiger partial charge in [0.15, 0.2) is 5.78 Å². The summed E-state index contributed by atoms with van der Waals surface area (Å²) in [5.74, 6) is 0.334. The summed E-state index contributed by atoms with van der Waals surface area (Å²) in [4.78, 5) is 25.7. The Morgan fingerprint density at radius 3 is 1.48 bits per heavy atom. The van der Waals surface area contributed by atoms with Gasteiger partial charge >= 0.3 is 0 Å². The Bertz CT molecular complexity index is 1690. The Morgan fingerprint density at radius 2 is 1.06 bits per heavy atom. The molecule has 2 unspecified atom stereocenters. The lowest BCUT2D eigenvalue weighted by Crippen LogP contribution is -2.61. The molecule has 0 aliphatic carbocycles. The highest BCUT2D eigenvalue weighted by Crippen LogP contribution is 2.37. The molecule has 2 fully saturated rings. The molecule has 4 aliphatic heterocycles. The molecular weight excluding hydrogens is 645 g/mol. The highest BCUT2D eigenvalue weighted by molar-refractivity contribution is 5.96. The zero-order valence-corrected chi connectivity index (χ0v) is 30.7. The van der Waals surface area contributed by atoms with Crippen molar-refractivity contribution in [3.05, 3.63) is 108 Å². The molecule has 9 heteroatoms. The summed E-state index contributed by atoms with van der Waals surface area (Å²) in [6.45, 7) is 13.3. The number of carbonyl (C=O) groups is 1. The van der Waals surface area contributed by atoms with Gasteiger partial charge in [0.1, 0.15) is 12.1 Å². The lowest BCUT2D eigenvalue weighted by atomic mass is 9.98. The molecule has 272 valence electrons. The van der Waals surface area contributed by atoms with Crippen molar-refractivity contribution in [1.82, 2.24) is 20.4 Å². The number of para-hydroxylation sites is 2. The number of piperazine rings is 2. The van der Waals surface area contributed by atoms with E-state index in [-0.39, 0.29) is 12.1 Å². The minimum Gasteiger partial charge on any atom is -0.359 e. The zero-order valence-electron chi connectivity index (χ0n) is 30.7. The lowest BCUT2D eigenvalue weighted by molar-refractivity contribution is -0.122. The largest absolute Gasteiger partial charge is 0.359 e. The maximum Gasteiger partial charge on any atom is 0.180 e. The average Bonchev–Trinajstić information content (AvgIpc) is 3.77. The van der Waals surface area contributed by atoms with Crippen LogP contribution >= 0.6 is 0 Å².